The molecular formula is C21H33N3O3. The molecule has 1 saturated heterocycles. The molecule has 2 fully saturated rings. The van der Waals surface area contributed by atoms with Crippen LogP contribution in [0.15, 0.2) is 18.3 Å². The Balaban J connectivity index is 1.57. The molecule has 1 aliphatic heterocycles. The number of nitrogens with one attached hydrogen (secondary N) is 1. The smallest absolute Gasteiger partial charge is 0.410 e. The lowest BCUT2D eigenvalue weighted by Gasteiger charge is -2.34. The first-order chi connectivity index (χ1) is 12.8. The standard InChI is InChI=1S/C21H33N3O3/c1-21(2,3)27-20(26)23-14-11-17(12-15-23)24-13-7-10-18(24)19(25)22-16-8-5-4-6-9-16/h7,10,13,16-17H,4-6,8-9,11-12,14-15H2,1-3H3,(H,22,25). The van der Waals surface area contributed by atoms with Gasteiger partial charge in [0.05, 0.1) is 0 Å². The second-order valence-electron chi connectivity index (χ2n) is 8.81. The number of carbonyl (C=O) groups is 2. The molecule has 1 aliphatic carbocycles. The minimum absolute atomic E-state index is 0.0291. The van der Waals surface area contributed by atoms with Gasteiger partial charge in [0.25, 0.3) is 5.91 Å². The van der Waals surface area contributed by atoms with Crippen molar-refractivity contribution in [2.24, 2.45) is 0 Å². The summed E-state index contributed by atoms with van der Waals surface area (Å²) < 4.78 is 7.55. The van der Waals surface area contributed by atoms with E-state index in [0.717, 1.165) is 31.4 Å². The van der Waals surface area contributed by atoms with E-state index in [2.05, 4.69) is 9.88 Å². The van der Waals surface area contributed by atoms with Crippen LogP contribution in [0.5, 0.6) is 0 Å². The molecular weight excluding hydrogens is 342 g/mol. The van der Waals surface area contributed by atoms with Crippen LogP contribution in [0.3, 0.4) is 0 Å². The zero-order valence-corrected chi connectivity index (χ0v) is 16.9. The molecule has 1 aromatic heterocycles. The van der Waals surface area contributed by atoms with Crippen molar-refractivity contribution in [1.82, 2.24) is 14.8 Å². The van der Waals surface area contributed by atoms with Gasteiger partial charge in [-0.15, -0.1) is 0 Å². The van der Waals surface area contributed by atoms with Gasteiger partial charge in [0.2, 0.25) is 0 Å². The van der Waals surface area contributed by atoms with Crippen LogP contribution >= 0.6 is 0 Å². The number of piperidine rings is 1. The van der Waals surface area contributed by atoms with E-state index in [9.17, 15) is 9.59 Å². The van der Waals surface area contributed by atoms with Gasteiger partial charge in [-0.05, 0) is 58.6 Å². The quantitative estimate of drug-likeness (QED) is 0.864. The number of hydrogen-bond donors (Lipinski definition) is 1. The van der Waals surface area contributed by atoms with E-state index >= 15 is 0 Å². The first-order valence-corrected chi connectivity index (χ1v) is 10.3. The predicted molar refractivity (Wildman–Crippen MR) is 105 cm³/mol. The van der Waals surface area contributed by atoms with Gasteiger partial charge in [-0.3, -0.25) is 4.79 Å². The number of likely N-dealkylation sites (tertiary alicyclic amines) is 1. The van der Waals surface area contributed by atoms with Crippen LogP contribution in [0, 0.1) is 0 Å². The summed E-state index contributed by atoms with van der Waals surface area (Å²) in [6.07, 6.45) is 9.26. The fourth-order valence-corrected chi connectivity index (χ4v) is 4.06. The van der Waals surface area contributed by atoms with Gasteiger partial charge >= 0.3 is 6.09 Å². The molecule has 0 aromatic carbocycles. The van der Waals surface area contributed by atoms with Crippen LogP contribution in [0.4, 0.5) is 4.79 Å². The lowest BCUT2D eigenvalue weighted by molar-refractivity contribution is 0.0187. The maximum atomic E-state index is 12.8. The molecule has 27 heavy (non-hydrogen) atoms. The van der Waals surface area contributed by atoms with E-state index < -0.39 is 5.60 Å². The third-order valence-electron chi connectivity index (χ3n) is 5.46. The largest absolute Gasteiger partial charge is 0.444 e. The van der Waals surface area contributed by atoms with Crippen LogP contribution in [-0.2, 0) is 4.74 Å². The molecule has 1 saturated carbocycles. The summed E-state index contributed by atoms with van der Waals surface area (Å²) in [4.78, 5) is 26.8. The lowest BCUT2D eigenvalue weighted by atomic mass is 9.95. The fraction of sp³-hybridized carbons (Fsp3) is 0.714. The van der Waals surface area contributed by atoms with Crippen LogP contribution in [0.25, 0.3) is 0 Å². The maximum absolute atomic E-state index is 12.8. The van der Waals surface area contributed by atoms with Crippen molar-refractivity contribution in [3.8, 4) is 0 Å². The average Bonchev–Trinajstić information content (AvgIpc) is 3.11. The minimum atomic E-state index is -0.473. The molecule has 3 rings (SSSR count). The van der Waals surface area contributed by atoms with Gasteiger partial charge in [-0.2, -0.15) is 0 Å². The summed E-state index contributed by atoms with van der Waals surface area (Å²) in [5.41, 5.74) is 0.259. The Morgan fingerprint density at radius 1 is 1.07 bits per heavy atom. The molecule has 0 radical (unpaired) electrons. The molecule has 0 spiro atoms. The molecule has 0 atom stereocenters. The van der Waals surface area contributed by atoms with Crippen LogP contribution in [0.1, 0.15) is 82.2 Å². The zero-order valence-electron chi connectivity index (χ0n) is 16.9. The van der Waals surface area contributed by atoms with Crippen molar-refractivity contribution in [2.45, 2.75) is 83.4 Å². The highest BCUT2D eigenvalue weighted by Gasteiger charge is 2.29. The van der Waals surface area contributed by atoms with Gasteiger partial charge in [-0.1, -0.05) is 19.3 Å². The zero-order chi connectivity index (χ0) is 19.4. The molecule has 6 nitrogen and oxygen atoms in total. The summed E-state index contributed by atoms with van der Waals surface area (Å²) in [6.45, 7) is 6.96. The van der Waals surface area contributed by atoms with E-state index in [-0.39, 0.29) is 18.0 Å². The maximum Gasteiger partial charge on any atom is 0.410 e. The highest BCUT2D eigenvalue weighted by atomic mass is 16.6. The number of aromatic nitrogens is 1. The van der Waals surface area contributed by atoms with Crippen LogP contribution in [-0.4, -0.2) is 46.2 Å². The van der Waals surface area contributed by atoms with E-state index in [1.54, 1.807) is 4.90 Å². The summed E-state index contributed by atoms with van der Waals surface area (Å²) in [5.74, 6) is 0.0291. The molecule has 1 aromatic rings. The number of hydrogen-bond acceptors (Lipinski definition) is 3. The van der Waals surface area contributed by atoms with Crippen LogP contribution in [0.2, 0.25) is 0 Å². The van der Waals surface area contributed by atoms with E-state index in [0.29, 0.717) is 19.1 Å². The third-order valence-corrected chi connectivity index (χ3v) is 5.46. The predicted octanol–water partition coefficient (Wildman–Crippen LogP) is 4.12. The first-order valence-electron chi connectivity index (χ1n) is 10.3. The summed E-state index contributed by atoms with van der Waals surface area (Å²) in [6, 6.07) is 4.39. The summed E-state index contributed by atoms with van der Waals surface area (Å²) in [7, 11) is 0. The Morgan fingerprint density at radius 3 is 2.37 bits per heavy atom. The number of nitrogens with zero attached hydrogens (tertiary/aromatic N) is 2. The van der Waals surface area contributed by atoms with Gasteiger partial charge in [-0.25, -0.2) is 4.79 Å². The van der Waals surface area contributed by atoms with Crippen molar-refractivity contribution in [2.75, 3.05) is 13.1 Å². The Labute approximate surface area is 162 Å². The van der Waals surface area contributed by atoms with Crippen molar-refractivity contribution in [3.05, 3.63) is 24.0 Å². The van der Waals surface area contributed by atoms with Gasteiger partial charge < -0.3 is 19.5 Å². The van der Waals surface area contributed by atoms with Gasteiger partial charge in [0.1, 0.15) is 11.3 Å². The van der Waals surface area contributed by atoms with E-state index in [1.165, 1.54) is 19.3 Å². The fourth-order valence-electron chi connectivity index (χ4n) is 4.06. The number of amides is 2. The lowest BCUT2D eigenvalue weighted by Crippen LogP contribution is -2.42. The second-order valence-corrected chi connectivity index (χ2v) is 8.81. The number of ether oxygens (including phenoxy) is 1. The molecule has 6 heteroatoms. The van der Waals surface area contributed by atoms with E-state index in [4.69, 9.17) is 4.74 Å². The Bertz CT molecular complexity index is 648. The Morgan fingerprint density at radius 2 is 1.74 bits per heavy atom. The molecule has 2 amide bonds. The third kappa shape index (κ3) is 5.27. The molecule has 0 unspecified atom stereocenters. The average molecular weight is 376 g/mol. The SMILES string of the molecule is CC(C)(C)OC(=O)N1CCC(n2cccc2C(=O)NC2CCCCC2)CC1. The summed E-state index contributed by atoms with van der Waals surface area (Å²) >= 11 is 0. The topological polar surface area (TPSA) is 63.6 Å². The first kappa shape index (κ1) is 19.8. The number of rotatable bonds is 3. The molecule has 2 heterocycles. The van der Waals surface area contributed by atoms with Crippen molar-refractivity contribution in [1.29, 1.82) is 0 Å². The Hall–Kier alpha value is -1.98. The normalized spacial score (nSPS) is 19.7. The van der Waals surface area contributed by atoms with Crippen molar-refractivity contribution < 1.29 is 14.3 Å². The Kier molecular flexibility index (Phi) is 6.12. The second kappa shape index (κ2) is 8.36. The van der Waals surface area contributed by atoms with E-state index in [1.807, 2.05) is 39.1 Å². The van der Waals surface area contributed by atoms with Gasteiger partial charge in [0, 0.05) is 31.4 Å². The monoisotopic (exact) mass is 375 g/mol. The highest BCUT2D eigenvalue weighted by Crippen LogP contribution is 2.26. The molecule has 0 bridgehead atoms. The highest BCUT2D eigenvalue weighted by molar-refractivity contribution is 5.93. The van der Waals surface area contributed by atoms with Gasteiger partial charge in [0.15, 0.2) is 0 Å². The molecule has 2 aliphatic rings. The number of carbonyl (C=O) groups excluding carboxylic acids is 2. The summed E-state index contributed by atoms with van der Waals surface area (Å²) in [5, 5.41) is 3.21. The minimum Gasteiger partial charge on any atom is -0.444 e. The van der Waals surface area contributed by atoms with Crippen LogP contribution < -0.4 is 5.32 Å². The van der Waals surface area contributed by atoms with Crippen molar-refractivity contribution >= 4 is 12.0 Å². The van der Waals surface area contributed by atoms with Crippen molar-refractivity contribution in [3.63, 3.8) is 0 Å². The molecule has 1 N–H and O–H groups in total. The molecule has 150 valence electrons.